The quantitative estimate of drug-likeness (QED) is 0.153. The molecule has 1 amide bonds. The van der Waals surface area contributed by atoms with Crippen molar-refractivity contribution < 1.29 is 29.5 Å². The molecule has 0 saturated carbocycles. The highest BCUT2D eigenvalue weighted by molar-refractivity contribution is 6.51. The zero-order valence-corrected chi connectivity index (χ0v) is 21.0. The number of nitro benzene ring substituents is 1. The second-order valence-electron chi connectivity index (χ2n) is 10.1. The summed E-state index contributed by atoms with van der Waals surface area (Å²) in [6.45, 7) is 6.15. The van der Waals surface area contributed by atoms with E-state index >= 15 is 0 Å². The lowest BCUT2D eigenvalue weighted by Crippen LogP contribution is -2.29. The molecule has 2 N–H and O–H groups in total. The molecule has 1 saturated heterocycles. The van der Waals surface area contributed by atoms with E-state index in [-0.39, 0.29) is 28.7 Å². The summed E-state index contributed by atoms with van der Waals surface area (Å²) < 4.78 is 0. The second kappa shape index (κ2) is 9.93. The number of nitro groups is 1. The molecule has 3 aromatic carbocycles. The minimum atomic E-state index is -1.02. The lowest BCUT2D eigenvalue weighted by molar-refractivity contribution is -0.384. The first-order chi connectivity index (χ1) is 17.9. The number of aliphatic hydroxyl groups excluding tert-OH is 1. The van der Waals surface area contributed by atoms with Crippen LogP contribution in [0.2, 0.25) is 0 Å². The Hall–Kier alpha value is -4.79. The third-order valence-electron chi connectivity index (χ3n) is 6.44. The minimum Gasteiger partial charge on any atom is -0.507 e. The molecule has 1 fully saturated rings. The molecule has 38 heavy (non-hydrogen) atoms. The number of benzene rings is 3. The largest absolute Gasteiger partial charge is 0.507 e. The standard InChI is InChI=1S/C29H26N2O7/c1-29(2,3)20-11-9-18(10-12-20)25-24(26(34)19-5-4-6-22(16-19)31(37)38)27(35)28(36)30(25)21-13-7-17(8-14-21)15-23(32)33/h4-14,16,25,34H,15H2,1-3H3,(H,32,33)/b26-24-. The van der Waals surface area contributed by atoms with E-state index in [1.54, 1.807) is 36.4 Å². The molecule has 1 atom stereocenters. The molecule has 4 rings (SSSR count). The number of hydrogen-bond donors (Lipinski definition) is 2. The van der Waals surface area contributed by atoms with Crippen LogP contribution in [0.5, 0.6) is 0 Å². The Morgan fingerprint density at radius 2 is 1.61 bits per heavy atom. The lowest BCUT2D eigenvalue weighted by atomic mass is 9.85. The van der Waals surface area contributed by atoms with E-state index in [2.05, 4.69) is 20.8 Å². The van der Waals surface area contributed by atoms with Crippen molar-refractivity contribution in [1.29, 1.82) is 0 Å². The van der Waals surface area contributed by atoms with Gasteiger partial charge in [0.05, 0.1) is 23.0 Å². The Labute approximate surface area is 218 Å². The number of amides is 1. The van der Waals surface area contributed by atoms with Crippen molar-refractivity contribution in [1.82, 2.24) is 0 Å². The van der Waals surface area contributed by atoms with Gasteiger partial charge in [-0.15, -0.1) is 0 Å². The van der Waals surface area contributed by atoms with E-state index in [4.69, 9.17) is 5.11 Å². The molecule has 0 radical (unpaired) electrons. The summed E-state index contributed by atoms with van der Waals surface area (Å²) in [5, 5.41) is 31.6. The fourth-order valence-electron chi connectivity index (χ4n) is 4.45. The van der Waals surface area contributed by atoms with E-state index < -0.39 is 34.4 Å². The van der Waals surface area contributed by atoms with Crippen LogP contribution in [0.15, 0.2) is 78.4 Å². The number of rotatable bonds is 6. The molecule has 0 spiro atoms. The average Bonchev–Trinajstić information content (AvgIpc) is 3.13. The average molecular weight is 515 g/mol. The van der Waals surface area contributed by atoms with Crippen LogP contribution in [0.4, 0.5) is 11.4 Å². The van der Waals surface area contributed by atoms with Crippen LogP contribution in [-0.4, -0.2) is 32.8 Å². The molecule has 9 heteroatoms. The molecule has 1 aliphatic rings. The Balaban J connectivity index is 1.90. The highest BCUT2D eigenvalue weighted by Gasteiger charge is 2.47. The van der Waals surface area contributed by atoms with Crippen LogP contribution in [-0.2, 0) is 26.2 Å². The zero-order chi connectivity index (χ0) is 27.8. The van der Waals surface area contributed by atoms with Crippen LogP contribution in [0.25, 0.3) is 5.76 Å². The maximum atomic E-state index is 13.3. The molecular formula is C29H26N2O7. The zero-order valence-electron chi connectivity index (χ0n) is 21.0. The Morgan fingerprint density at radius 1 is 0.974 bits per heavy atom. The first kappa shape index (κ1) is 26.3. The number of Topliss-reactive ketones (excluding diaryl/α,β-unsaturated/α-hetero) is 1. The fraction of sp³-hybridized carbons (Fsp3) is 0.207. The third kappa shape index (κ3) is 5.04. The van der Waals surface area contributed by atoms with Gasteiger partial charge in [0.15, 0.2) is 0 Å². The maximum Gasteiger partial charge on any atom is 0.307 e. The number of anilines is 1. The van der Waals surface area contributed by atoms with Gasteiger partial charge in [-0.05, 0) is 34.2 Å². The van der Waals surface area contributed by atoms with Gasteiger partial charge in [-0.2, -0.15) is 0 Å². The van der Waals surface area contributed by atoms with Crippen molar-refractivity contribution in [3.05, 3.63) is 111 Å². The van der Waals surface area contributed by atoms with Gasteiger partial charge < -0.3 is 10.2 Å². The van der Waals surface area contributed by atoms with Crippen molar-refractivity contribution in [3.63, 3.8) is 0 Å². The SMILES string of the molecule is CC(C)(C)c1ccc(C2/C(=C(/O)c3cccc([N+](=O)[O-])c3)C(=O)C(=O)N2c2ccc(CC(=O)O)cc2)cc1. The molecule has 0 aliphatic carbocycles. The van der Waals surface area contributed by atoms with Crippen molar-refractivity contribution in [2.24, 2.45) is 0 Å². The summed E-state index contributed by atoms with van der Waals surface area (Å²) >= 11 is 0. The lowest BCUT2D eigenvalue weighted by Gasteiger charge is -2.26. The van der Waals surface area contributed by atoms with E-state index in [1.807, 2.05) is 12.1 Å². The van der Waals surface area contributed by atoms with E-state index in [9.17, 15) is 29.6 Å². The molecule has 1 unspecified atom stereocenters. The molecular weight excluding hydrogens is 488 g/mol. The van der Waals surface area contributed by atoms with Crippen molar-refractivity contribution in [2.45, 2.75) is 38.6 Å². The molecule has 0 aromatic heterocycles. The summed E-state index contributed by atoms with van der Waals surface area (Å²) in [7, 11) is 0. The molecule has 1 heterocycles. The van der Waals surface area contributed by atoms with E-state index in [1.165, 1.54) is 23.1 Å². The number of aliphatic carboxylic acids is 1. The van der Waals surface area contributed by atoms with Gasteiger partial charge in [0.1, 0.15) is 5.76 Å². The molecule has 0 bridgehead atoms. The van der Waals surface area contributed by atoms with Gasteiger partial charge in [0.25, 0.3) is 17.4 Å². The monoisotopic (exact) mass is 514 g/mol. The summed E-state index contributed by atoms with van der Waals surface area (Å²) in [6, 6.07) is 17.7. The first-order valence-electron chi connectivity index (χ1n) is 11.9. The number of non-ortho nitro benzene ring substituents is 1. The van der Waals surface area contributed by atoms with Crippen LogP contribution < -0.4 is 4.90 Å². The number of carboxylic acids is 1. The second-order valence-corrected chi connectivity index (χ2v) is 10.1. The van der Waals surface area contributed by atoms with E-state index in [0.29, 0.717) is 16.8 Å². The fourth-order valence-corrected chi connectivity index (χ4v) is 4.45. The first-order valence-corrected chi connectivity index (χ1v) is 11.9. The number of aliphatic hydroxyl groups is 1. The highest BCUT2D eigenvalue weighted by atomic mass is 16.6. The van der Waals surface area contributed by atoms with Crippen LogP contribution in [0.1, 0.15) is 49.1 Å². The summed E-state index contributed by atoms with van der Waals surface area (Å²) in [6.07, 6.45) is -0.205. The highest BCUT2D eigenvalue weighted by Crippen LogP contribution is 2.43. The van der Waals surface area contributed by atoms with Gasteiger partial charge in [-0.3, -0.25) is 29.4 Å². The topological polar surface area (TPSA) is 138 Å². The number of carboxylic acid groups (broad SMARTS) is 1. The van der Waals surface area contributed by atoms with Gasteiger partial charge in [-0.25, -0.2) is 0 Å². The molecule has 9 nitrogen and oxygen atoms in total. The van der Waals surface area contributed by atoms with Gasteiger partial charge in [0.2, 0.25) is 0 Å². The van der Waals surface area contributed by atoms with Crippen molar-refractivity contribution in [2.75, 3.05) is 4.90 Å². The van der Waals surface area contributed by atoms with Crippen LogP contribution >= 0.6 is 0 Å². The number of hydrogen-bond acceptors (Lipinski definition) is 6. The Morgan fingerprint density at radius 3 is 2.16 bits per heavy atom. The molecule has 3 aromatic rings. The maximum absolute atomic E-state index is 13.3. The van der Waals surface area contributed by atoms with Gasteiger partial charge in [-0.1, -0.05) is 69.3 Å². The minimum absolute atomic E-state index is 0.0327. The summed E-state index contributed by atoms with van der Waals surface area (Å²) in [4.78, 5) is 49.6. The Bertz CT molecular complexity index is 1470. The molecule has 194 valence electrons. The third-order valence-corrected chi connectivity index (χ3v) is 6.44. The van der Waals surface area contributed by atoms with E-state index in [0.717, 1.165) is 11.6 Å². The number of ketones is 1. The predicted molar refractivity (Wildman–Crippen MR) is 141 cm³/mol. The van der Waals surface area contributed by atoms with Gasteiger partial charge in [0, 0.05) is 23.4 Å². The van der Waals surface area contributed by atoms with Crippen molar-refractivity contribution in [3.8, 4) is 0 Å². The molecule has 1 aliphatic heterocycles. The Kier molecular flexibility index (Phi) is 6.87. The number of carbonyl (C=O) groups excluding carboxylic acids is 2. The number of carbonyl (C=O) groups is 3. The number of nitrogens with zero attached hydrogens (tertiary/aromatic N) is 2. The summed E-state index contributed by atoms with van der Waals surface area (Å²) in [5.74, 6) is -3.35. The van der Waals surface area contributed by atoms with Crippen LogP contribution in [0, 0.1) is 10.1 Å². The normalized spacial score (nSPS) is 17.0. The smallest absolute Gasteiger partial charge is 0.307 e. The summed E-state index contributed by atoms with van der Waals surface area (Å²) in [5.41, 5.74) is 1.84. The predicted octanol–water partition coefficient (Wildman–Crippen LogP) is 5.15. The van der Waals surface area contributed by atoms with Crippen LogP contribution in [0.3, 0.4) is 0 Å². The van der Waals surface area contributed by atoms with Crippen molar-refractivity contribution >= 4 is 34.8 Å². The van der Waals surface area contributed by atoms with Gasteiger partial charge >= 0.3 is 5.97 Å².